The Hall–Kier alpha value is -1.13. The molecule has 1 aromatic carbocycles. The monoisotopic (exact) mass is 252 g/mol. The number of nitrogen functional groups attached to an aromatic ring is 1. The van der Waals surface area contributed by atoms with Gasteiger partial charge >= 0.3 is 0 Å². The molecule has 0 amide bonds. The highest BCUT2D eigenvalue weighted by atomic mass is 19.1. The summed E-state index contributed by atoms with van der Waals surface area (Å²) in [5.74, 6) is -0.241. The number of hydrogen-bond donors (Lipinski definition) is 2. The zero-order valence-electron chi connectivity index (χ0n) is 10.6. The van der Waals surface area contributed by atoms with Crippen molar-refractivity contribution >= 4 is 5.69 Å². The highest BCUT2D eigenvalue weighted by Gasteiger charge is 2.24. The van der Waals surface area contributed by atoms with Gasteiger partial charge in [-0.3, -0.25) is 4.90 Å². The van der Waals surface area contributed by atoms with Gasteiger partial charge in [-0.2, -0.15) is 0 Å². The number of nitrogens with two attached hydrogens (primary N) is 1. The van der Waals surface area contributed by atoms with Gasteiger partial charge in [-0.25, -0.2) is 4.39 Å². The summed E-state index contributed by atoms with van der Waals surface area (Å²) in [5, 5.41) is 8.94. The molecule has 0 aromatic heterocycles. The van der Waals surface area contributed by atoms with E-state index < -0.39 is 0 Å². The fraction of sp³-hybridized carbons (Fsp3) is 0.571. The minimum atomic E-state index is -0.241. The average molecular weight is 252 g/mol. The number of aliphatic hydroxyl groups excluding tert-OH is 1. The van der Waals surface area contributed by atoms with E-state index in [9.17, 15) is 4.39 Å². The molecular formula is C14H21FN2O. The Kier molecular flexibility index (Phi) is 4.55. The molecule has 1 aliphatic rings. The molecule has 2 rings (SSSR count). The minimum Gasteiger partial charge on any atom is -0.398 e. The van der Waals surface area contributed by atoms with Crippen LogP contribution in [0.4, 0.5) is 10.1 Å². The fourth-order valence-corrected chi connectivity index (χ4v) is 2.35. The third-order valence-corrected chi connectivity index (χ3v) is 3.67. The van der Waals surface area contributed by atoms with Crippen molar-refractivity contribution in [2.45, 2.75) is 38.3 Å². The van der Waals surface area contributed by atoms with Crippen molar-refractivity contribution in [1.29, 1.82) is 0 Å². The standard InChI is InChI=1S/C14H21FN2O/c15-12-5-6-14(16)11(9-12)10-17(7-2-8-18)13-3-1-4-13/h5-6,9,13,18H,1-4,7-8,10,16H2. The average Bonchev–Trinajstić information content (AvgIpc) is 2.28. The maximum absolute atomic E-state index is 13.2. The first-order valence-corrected chi connectivity index (χ1v) is 6.59. The lowest BCUT2D eigenvalue weighted by molar-refractivity contribution is 0.109. The number of halogens is 1. The molecule has 18 heavy (non-hydrogen) atoms. The lowest BCUT2D eigenvalue weighted by Crippen LogP contribution is -2.40. The minimum absolute atomic E-state index is 0.196. The van der Waals surface area contributed by atoms with Crippen molar-refractivity contribution in [1.82, 2.24) is 4.90 Å². The molecule has 1 aliphatic carbocycles. The molecule has 3 N–H and O–H groups in total. The van der Waals surface area contributed by atoms with Gasteiger partial charge in [0.2, 0.25) is 0 Å². The molecule has 1 saturated carbocycles. The van der Waals surface area contributed by atoms with Gasteiger partial charge in [-0.05, 0) is 43.0 Å². The van der Waals surface area contributed by atoms with Gasteiger partial charge < -0.3 is 10.8 Å². The van der Waals surface area contributed by atoms with Crippen LogP contribution in [0.3, 0.4) is 0 Å². The van der Waals surface area contributed by atoms with Gasteiger partial charge in [0.05, 0.1) is 0 Å². The number of nitrogens with zero attached hydrogens (tertiary/aromatic N) is 1. The van der Waals surface area contributed by atoms with Crippen LogP contribution in [0.15, 0.2) is 18.2 Å². The SMILES string of the molecule is Nc1ccc(F)cc1CN(CCCO)C1CCC1. The molecule has 0 spiro atoms. The van der Waals surface area contributed by atoms with Crippen molar-refractivity contribution in [2.24, 2.45) is 0 Å². The quantitative estimate of drug-likeness (QED) is 0.763. The van der Waals surface area contributed by atoms with E-state index in [1.165, 1.54) is 31.4 Å². The van der Waals surface area contributed by atoms with Crippen LogP contribution in [0.5, 0.6) is 0 Å². The van der Waals surface area contributed by atoms with Crippen LogP contribution in [0, 0.1) is 5.82 Å². The molecule has 100 valence electrons. The van der Waals surface area contributed by atoms with Crippen molar-refractivity contribution in [3.05, 3.63) is 29.6 Å². The molecule has 0 saturated heterocycles. The molecule has 0 unspecified atom stereocenters. The Balaban J connectivity index is 2.04. The smallest absolute Gasteiger partial charge is 0.123 e. The van der Waals surface area contributed by atoms with E-state index in [2.05, 4.69) is 4.90 Å². The highest BCUT2D eigenvalue weighted by Crippen LogP contribution is 2.27. The van der Waals surface area contributed by atoms with Crippen molar-refractivity contribution in [2.75, 3.05) is 18.9 Å². The fourth-order valence-electron chi connectivity index (χ4n) is 2.35. The van der Waals surface area contributed by atoms with E-state index in [1.807, 2.05) is 0 Å². The zero-order valence-corrected chi connectivity index (χ0v) is 10.6. The molecule has 0 aliphatic heterocycles. The second-order valence-electron chi connectivity index (χ2n) is 4.98. The van der Waals surface area contributed by atoms with E-state index in [-0.39, 0.29) is 12.4 Å². The maximum Gasteiger partial charge on any atom is 0.123 e. The largest absolute Gasteiger partial charge is 0.398 e. The normalized spacial score (nSPS) is 15.9. The molecule has 0 bridgehead atoms. The van der Waals surface area contributed by atoms with Gasteiger partial charge in [-0.15, -0.1) is 0 Å². The Morgan fingerprint density at radius 1 is 1.39 bits per heavy atom. The van der Waals surface area contributed by atoms with E-state index >= 15 is 0 Å². The molecule has 0 atom stereocenters. The molecule has 1 aromatic rings. The van der Waals surface area contributed by atoms with E-state index in [1.54, 1.807) is 6.07 Å². The van der Waals surface area contributed by atoms with Gasteiger partial charge in [0.15, 0.2) is 0 Å². The topological polar surface area (TPSA) is 49.5 Å². The molecule has 0 heterocycles. The molecule has 3 nitrogen and oxygen atoms in total. The van der Waals surface area contributed by atoms with Gasteiger partial charge in [-0.1, -0.05) is 6.42 Å². The summed E-state index contributed by atoms with van der Waals surface area (Å²) < 4.78 is 13.2. The number of aliphatic hydroxyl groups is 1. The van der Waals surface area contributed by atoms with E-state index in [4.69, 9.17) is 10.8 Å². The number of benzene rings is 1. The van der Waals surface area contributed by atoms with Crippen molar-refractivity contribution in [3.8, 4) is 0 Å². The summed E-state index contributed by atoms with van der Waals surface area (Å²) in [6.45, 7) is 1.72. The van der Waals surface area contributed by atoms with Crippen LogP contribution >= 0.6 is 0 Å². The maximum atomic E-state index is 13.2. The highest BCUT2D eigenvalue weighted by molar-refractivity contribution is 5.46. The van der Waals surface area contributed by atoms with E-state index in [0.29, 0.717) is 18.3 Å². The van der Waals surface area contributed by atoms with Gasteiger partial charge in [0, 0.05) is 31.4 Å². The van der Waals surface area contributed by atoms with E-state index in [0.717, 1.165) is 18.5 Å². The summed E-state index contributed by atoms with van der Waals surface area (Å²) in [6.07, 6.45) is 4.41. The lowest BCUT2D eigenvalue weighted by atomic mass is 9.91. The molecule has 1 fully saturated rings. The van der Waals surface area contributed by atoms with Crippen LogP contribution in [0.25, 0.3) is 0 Å². The zero-order chi connectivity index (χ0) is 13.0. The van der Waals surface area contributed by atoms with Crippen LogP contribution in [0.2, 0.25) is 0 Å². The van der Waals surface area contributed by atoms with Crippen molar-refractivity contribution in [3.63, 3.8) is 0 Å². The summed E-state index contributed by atoms with van der Waals surface area (Å²) in [7, 11) is 0. The Morgan fingerprint density at radius 3 is 2.78 bits per heavy atom. The van der Waals surface area contributed by atoms with Crippen molar-refractivity contribution < 1.29 is 9.50 Å². The third-order valence-electron chi connectivity index (χ3n) is 3.67. The summed E-state index contributed by atoms with van der Waals surface area (Å²) >= 11 is 0. The lowest BCUT2D eigenvalue weighted by Gasteiger charge is -2.37. The van der Waals surface area contributed by atoms with Gasteiger partial charge in [0.1, 0.15) is 5.82 Å². The van der Waals surface area contributed by atoms with Crippen LogP contribution < -0.4 is 5.73 Å². The van der Waals surface area contributed by atoms with Crippen LogP contribution in [0.1, 0.15) is 31.2 Å². The first-order valence-electron chi connectivity index (χ1n) is 6.59. The second-order valence-corrected chi connectivity index (χ2v) is 4.98. The first-order chi connectivity index (χ1) is 8.70. The number of hydrogen-bond acceptors (Lipinski definition) is 3. The Bertz CT molecular complexity index is 393. The predicted molar refractivity (Wildman–Crippen MR) is 70.6 cm³/mol. The number of anilines is 1. The predicted octanol–water partition coefficient (Wildman–Crippen LogP) is 2.14. The number of rotatable bonds is 6. The summed E-state index contributed by atoms with van der Waals surface area (Å²) in [5.41, 5.74) is 7.37. The molecule has 0 radical (unpaired) electrons. The third kappa shape index (κ3) is 3.21. The Morgan fingerprint density at radius 2 is 2.17 bits per heavy atom. The van der Waals surface area contributed by atoms with Gasteiger partial charge in [0.25, 0.3) is 0 Å². The molecule has 4 heteroatoms. The second kappa shape index (κ2) is 6.16. The summed E-state index contributed by atoms with van der Waals surface area (Å²) in [4.78, 5) is 2.31. The first kappa shape index (κ1) is 13.3. The van der Waals surface area contributed by atoms with Crippen LogP contribution in [-0.4, -0.2) is 29.2 Å². The summed E-state index contributed by atoms with van der Waals surface area (Å²) in [6, 6.07) is 5.09. The Labute approximate surface area is 107 Å². The van der Waals surface area contributed by atoms with Crippen LogP contribution in [-0.2, 0) is 6.54 Å². The molecular weight excluding hydrogens is 231 g/mol.